The van der Waals surface area contributed by atoms with Gasteiger partial charge in [-0.3, -0.25) is 10.1 Å². The van der Waals surface area contributed by atoms with E-state index in [9.17, 15) is 10.1 Å². The maximum absolute atomic E-state index is 11.5. The van der Waals surface area contributed by atoms with E-state index in [2.05, 4.69) is 45.0 Å². The summed E-state index contributed by atoms with van der Waals surface area (Å²) in [6, 6.07) is 21.6. The lowest BCUT2D eigenvalue weighted by Gasteiger charge is -2.38. The Kier molecular flexibility index (Phi) is 6.04. The van der Waals surface area contributed by atoms with Gasteiger partial charge >= 0.3 is 0 Å². The minimum Gasteiger partial charge on any atom is -0.366 e. The van der Waals surface area contributed by atoms with Gasteiger partial charge < -0.3 is 14.7 Å². The highest BCUT2D eigenvalue weighted by Gasteiger charge is 2.34. The second-order valence-electron chi connectivity index (χ2n) is 8.50. The van der Waals surface area contributed by atoms with Crippen LogP contribution in [0.5, 0.6) is 0 Å². The highest BCUT2D eigenvalue weighted by atomic mass is 35.5. The molecule has 0 atom stereocenters. The maximum Gasteiger partial charge on any atom is 0.292 e. The minimum absolute atomic E-state index is 0.107. The SMILES string of the molecule is O=[N+]([O-])c1ccc(Cl)cc1N1CCC(N2CN(Cc3ccccc3Cl)c3ccccc32)CC1. The summed E-state index contributed by atoms with van der Waals surface area (Å²) >= 11 is 12.6. The number of nitro groups is 1. The molecule has 0 amide bonds. The molecule has 2 aliphatic rings. The molecule has 3 aromatic carbocycles. The second-order valence-corrected chi connectivity index (χ2v) is 9.34. The van der Waals surface area contributed by atoms with Crippen molar-refractivity contribution < 1.29 is 4.92 Å². The predicted molar refractivity (Wildman–Crippen MR) is 135 cm³/mol. The number of rotatable bonds is 5. The molecule has 0 N–H and O–H groups in total. The maximum atomic E-state index is 11.5. The van der Waals surface area contributed by atoms with Gasteiger partial charge in [0.1, 0.15) is 5.69 Å². The zero-order chi connectivity index (χ0) is 22.9. The molecule has 2 aliphatic heterocycles. The number of nitro benzene ring substituents is 1. The van der Waals surface area contributed by atoms with Crippen LogP contribution in [-0.4, -0.2) is 30.7 Å². The van der Waals surface area contributed by atoms with Gasteiger partial charge in [0, 0.05) is 41.8 Å². The topological polar surface area (TPSA) is 52.9 Å². The highest BCUT2D eigenvalue weighted by molar-refractivity contribution is 6.31. The predicted octanol–water partition coefficient (Wildman–Crippen LogP) is 6.35. The molecular weight excluding hydrogens is 459 g/mol. The van der Waals surface area contributed by atoms with Gasteiger partial charge in [0.15, 0.2) is 0 Å². The minimum atomic E-state index is -0.332. The quantitative estimate of drug-likeness (QED) is 0.313. The largest absolute Gasteiger partial charge is 0.366 e. The lowest BCUT2D eigenvalue weighted by atomic mass is 10.0. The van der Waals surface area contributed by atoms with Crippen LogP contribution >= 0.6 is 23.2 Å². The molecule has 3 aromatic rings. The number of hydrogen-bond donors (Lipinski definition) is 0. The first kappa shape index (κ1) is 21.9. The van der Waals surface area contributed by atoms with Crippen molar-refractivity contribution in [2.45, 2.75) is 25.4 Å². The molecule has 0 radical (unpaired) electrons. The van der Waals surface area contributed by atoms with Gasteiger partial charge in [-0.05, 0) is 48.7 Å². The molecule has 170 valence electrons. The van der Waals surface area contributed by atoms with Gasteiger partial charge in [0.25, 0.3) is 5.69 Å². The standard InChI is InChI=1S/C25H24Cl2N4O2/c26-19-9-10-24(31(32)33)25(15-19)28-13-11-20(12-14-28)30-17-29(22-7-3-4-8-23(22)30)16-18-5-1-2-6-21(18)27/h1-10,15,20H,11-14,16-17H2. The van der Waals surface area contributed by atoms with Gasteiger partial charge in [0.2, 0.25) is 0 Å². The van der Waals surface area contributed by atoms with Crippen molar-refractivity contribution in [3.63, 3.8) is 0 Å². The number of anilines is 3. The summed E-state index contributed by atoms with van der Waals surface area (Å²) in [7, 11) is 0. The average molecular weight is 483 g/mol. The summed E-state index contributed by atoms with van der Waals surface area (Å²) in [5.74, 6) is 0. The van der Waals surface area contributed by atoms with E-state index in [1.165, 1.54) is 17.4 Å². The molecule has 0 aliphatic carbocycles. The number of nitrogens with zero attached hydrogens (tertiary/aromatic N) is 4. The zero-order valence-electron chi connectivity index (χ0n) is 18.0. The van der Waals surface area contributed by atoms with Gasteiger partial charge in [-0.25, -0.2) is 0 Å². The lowest BCUT2D eigenvalue weighted by molar-refractivity contribution is -0.384. The Bertz CT molecular complexity index is 1180. The van der Waals surface area contributed by atoms with E-state index in [4.69, 9.17) is 23.2 Å². The van der Waals surface area contributed by atoms with Crippen LogP contribution < -0.4 is 14.7 Å². The van der Waals surface area contributed by atoms with Crippen molar-refractivity contribution in [1.82, 2.24) is 0 Å². The lowest BCUT2D eigenvalue weighted by Crippen LogP contribution is -2.46. The van der Waals surface area contributed by atoms with E-state index in [0.717, 1.165) is 49.7 Å². The van der Waals surface area contributed by atoms with Crippen LogP contribution in [-0.2, 0) is 6.54 Å². The smallest absolute Gasteiger partial charge is 0.292 e. The first-order valence-corrected chi connectivity index (χ1v) is 11.8. The van der Waals surface area contributed by atoms with E-state index >= 15 is 0 Å². The third-order valence-electron chi connectivity index (χ3n) is 6.55. The van der Waals surface area contributed by atoms with E-state index in [1.807, 2.05) is 18.2 Å². The molecule has 2 heterocycles. The highest BCUT2D eigenvalue weighted by Crippen LogP contribution is 2.41. The van der Waals surface area contributed by atoms with Crippen molar-refractivity contribution in [2.75, 3.05) is 34.5 Å². The molecule has 0 spiro atoms. The van der Waals surface area contributed by atoms with Crippen molar-refractivity contribution in [1.29, 1.82) is 0 Å². The van der Waals surface area contributed by atoms with E-state index in [-0.39, 0.29) is 10.6 Å². The first-order chi connectivity index (χ1) is 16.0. The summed E-state index contributed by atoms with van der Waals surface area (Å²) < 4.78 is 0. The number of halogens is 2. The number of fused-ring (bicyclic) bond motifs is 1. The van der Waals surface area contributed by atoms with Gasteiger partial charge in [-0.1, -0.05) is 53.5 Å². The summed E-state index contributed by atoms with van der Waals surface area (Å²) in [6.45, 7) is 3.04. The summed E-state index contributed by atoms with van der Waals surface area (Å²) in [4.78, 5) is 18.1. The molecule has 5 rings (SSSR count). The fraction of sp³-hybridized carbons (Fsp3) is 0.280. The van der Waals surface area contributed by atoms with Gasteiger partial charge in [0.05, 0.1) is 23.0 Å². The molecule has 6 nitrogen and oxygen atoms in total. The Labute approximate surface area is 203 Å². The molecule has 1 saturated heterocycles. The normalized spacial score (nSPS) is 16.2. The van der Waals surface area contributed by atoms with Crippen LogP contribution in [0, 0.1) is 10.1 Å². The van der Waals surface area contributed by atoms with Crippen molar-refractivity contribution >= 4 is 46.0 Å². The summed E-state index contributed by atoms with van der Waals surface area (Å²) in [6.07, 6.45) is 1.83. The molecule has 8 heteroatoms. The van der Waals surface area contributed by atoms with Crippen LogP contribution in [0.3, 0.4) is 0 Å². The molecular formula is C25H24Cl2N4O2. The van der Waals surface area contributed by atoms with Crippen molar-refractivity contribution in [3.05, 3.63) is 92.5 Å². The van der Waals surface area contributed by atoms with E-state index in [1.54, 1.807) is 12.1 Å². The van der Waals surface area contributed by atoms with Crippen LogP contribution in [0.15, 0.2) is 66.7 Å². The molecule has 0 saturated carbocycles. The van der Waals surface area contributed by atoms with Crippen LogP contribution in [0.25, 0.3) is 0 Å². The van der Waals surface area contributed by atoms with Gasteiger partial charge in [-0.15, -0.1) is 0 Å². The van der Waals surface area contributed by atoms with E-state index in [0.29, 0.717) is 16.8 Å². The van der Waals surface area contributed by atoms with E-state index < -0.39 is 0 Å². The number of piperidine rings is 1. The van der Waals surface area contributed by atoms with Gasteiger partial charge in [-0.2, -0.15) is 0 Å². The Morgan fingerprint density at radius 1 is 0.909 bits per heavy atom. The number of hydrogen-bond acceptors (Lipinski definition) is 5. The Morgan fingerprint density at radius 3 is 2.33 bits per heavy atom. The monoisotopic (exact) mass is 482 g/mol. The average Bonchev–Trinajstić information content (AvgIpc) is 3.19. The molecule has 1 fully saturated rings. The fourth-order valence-corrected chi connectivity index (χ4v) is 5.27. The Hall–Kier alpha value is -2.96. The Balaban J connectivity index is 1.33. The van der Waals surface area contributed by atoms with Crippen LogP contribution in [0.4, 0.5) is 22.7 Å². The third-order valence-corrected chi connectivity index (χ3v) is 7.16. The molecule has 0 unspecified atom stereocenters. The third kappa shape index (κ3) is 4.33. The number of para-hydroxylation sites is 2. The van der Waals surface area contributed by atoms with Crippen molar-refractivity contribution in [2.24, 2.45) is 0 Å². The van der Waals surface area contributed by atoms with Crippen LogP contribution in [0.1, 0.15) is 18.4 Å². The number of benzene rings is 3. The summed E-state index contributed by atoms with van der Waals surface area (Å²) in [5, 5.41) is 12.8. The second kappa shape index (κ2) is 9.12. The summed E-state index contributed by atoms with van der Waals surface area (Å²) in [5.41, 5.74) is 4.27. The molecule has 0 aromatic heterocycles. The molecule has 33 heavy (non-hydrogen) atoms. The van der Waals surface area contributed by atoms with Crippen LogP contribution in [0.2, 0.25) is 10.0 Å². The van der Waals surface area contributed by atoms with Crippen molar-refractivity contribution in [3.8, 4) is 0 Å². The first-order valence-electron chi connectivity index (χ1n) is 11.0. The Morgan fingerprint density at radius 2 is 1.61 bits per heavy atom. The zero-order valence-corrected chi connectivity index (χ0v) is 19.5. The molecule has 0 bridgehead atoms. The fourth-order valence-electron chi connectivity index (χ4n) is 4.91.